The van der Waals surface area contributed by atoms with Crippen LogP contribution in [0.25, 0.3) is 0 Å². The SMILES string of the molecule is CC1CCC(OC(CN)c2ccccn2)CC1C. The van der Waals surface area contributed by atoms with Crippen molar-refractivity contribution < 1.29 is 4.74 Å². The van der Waals surface area contributed by atoms with Crippen LogP contribution in [-0.2, 0) is 4.74 Å². The van der Waals surface area contributed by atoms with Crippen LogP contribution < -0.4 is 5.73 Å². The second-order valence-electron chi connectivity index (χ2n) is 5.50. The smallest absolute Gasteiger partial charge is 0.112 e. The highest BCUT2D eigenvalue weighted by Gasteiger charge is 2.27. The van der Waals surface area contributed by atoms with Crippen LogP contribution in [0, 0.1) is 11.8 Å². The van der Waals surface area contributed by atoms with Gasteiger partial charge in [-0.25, -0.2) is 0 Å². The van der Waals surface area contributed by atoms with Gasteiger partial charge < -0.3 is 10.5 Å². The van der Waals surface area contributed by atoms with Crippen molar-refractivity contribution in [3.63, 3.8) is 0 Å². The fourth-order valence-corrected chi connectivity index (χ4v) is 2.67. The van der Waals surface area contributed by atoms with Gasteiger partial charge in [0.2, 0.25) is 0 Å². The molecule has 1 aromatic rings. The molecule has 4 atom stereocenters. The van der Waals surface area contributed by atoms with Crippen molar-refractivity contribution in [1.29, 1.82) is 0 Å². The first kappa shape index (κ1) is 13.5. The molecule has 0 amide bonds. The zero-order chi connectivity index (χ0) is 13.0. The highest BCUT2D eigenvalue weighted by molar-refractivity contribution is 5.07. The summed E-state index contributed by atoms with van der Waals surface area (Å²) in [6, 6.07) is 5.90. The summed E-state index contributed by atoms with van der Waals surface area (Å²) in [5.41, 5.74) is 6.77. The van der Waals surface area contributed by atoms with E-state index in [9.17, 15) is 0 Å². The molecule has 1 saturated carbocycles. The standard InChI is InChI=1S/C15H24N2O/c1-11-6-7-13(9-12(11)2)18-15(10-16)14-5-3-4-8-17-14/h3-5,8,11-13,15H,6-7,9-10,16H2,1-2H3. The largest absolute Gasteiger partial charge is 0.367 e. The van der Waals surface area contributed by atoms with Gasteiger partial charge in [0.25, 0.3) is 0 Å². The average molecular weight is 248 g/mol. The van der Waals surface area contributed by atoms with E-state index < -0.39 is 0 Å². The summed E-state index contributed by atoms with van der Waals surface area (Å²) in [5, 5.41) is 0. The number of ether oxygens (including phenoxy) is 1. The maximum absolute atomic E-state index is 6.16. The summed E-state index contributed by atoms with van der Waals surface area (Å²) in [5.74, 6) is 1.56. The molecule has 3 nitrogen and oxygen atoms in total. The van der Waals surface area contributed by atoms with Gasteiger partial charge in [-0.05, 0) is 43.2 Å². The van der Waals surface area contributed by atoms with Crippen LogP contribution in [0.3, 0.4) is 0 Å². The molecule has 0 aromatic carbocycles. The normalized spacial score (nSPS) is 30.1. The van der Waals surface area contributed by atoms with Crippen LogP contribution in [0.1, 0.15) is 44.9 Å². The molecule has 1 aliphatic rings. The maximum Gasteiger partial charge on any atom is 0.112 e. The van der Waals surface area contributed by atoms with E-state index in [0.29, 0.717) is 12.6 Å². The molecule has 100 valence electrons. The molecule has 1 aromatic heterocycles. The minimum atomic E-state index is -0.0585. The molecule has 4 unspecified atom stereocenters. The molecule has 0 spiro atoms. The summed E-state index contributed by atoms with van der Waals surface area (Å²) < 4.78 is 6.16. The lowest BCUT2D eigenvalue weighted by molar-refractivity contribution is -0.0465. The van der Waals surface area contributed by atoms with Crippen LogP contribution in [0.15, 0.2) is 24.4 Å². The first-order valence-corrected chi connectivity index (χ1v) is 6.97. The number of aromatic nitrogens is 1. The second-order valence-corrected chi connectivity index (χ2v) is 5.50. The van der Waals surface area contributed by atoms with Crippen LogP contribution in [0.5, 0.6) is 0 Å². The van der Waals surface area contributed by atoms with E-state index in [-0.39, 0.29) is 6.10 Å². The number of nitrogens with zero attached hydrogens (tertiary/aromatic N) is 1. The van der Waals surface area contributed by atoms with E-state index in [1.165, 1.54) is 6.42 Å². The zero-order valence-electron chi connectivity index (χ0n) is 11.4. The monoisotopic (exact) mass is 248 g/mol. The number of hydrogen-bond acceptors (Lipinski definition) is 3. The van der Waals surface area contributed by atoms with Gasteiger partial charge in [-0.3, -0.25) is 4.98 Å². The first-order chi connectivity index (χ1) is 8.70. The summed E-state index contributed by atoms with van der Waals surface area (Å²) in [6.45, 7) is 5.15. The lowest BCUT2D eigenvalue weighted by atomic mass is 9.80. The predicted molar refractivity (Wildman–Crippen MR) is 73.1 cm³/mol. The quantitative estimate of drug-likeness (QED) is 0.891. The molecule has 1 aliphatic carbocycles. The van der Waals surface area contributed by atoms with Gasteiger partial charge in [0, 0.05) is 12.7 Å². The number of rotatable bonds is 4. The average Bonchev–Trinajstić information content (AvgIpc) is 2.41. The lowest BCUT2D eigenvalue weighted by Gasteiger charge is -2.34. The third kappa shape index (κ3) is 3.30. The molecular weight excluding hydrogens is 224 g/mol. The van der Waals surface area contributed by atoms with Gasteiger partial charge in [0.15, 0.2) is 0 Å². The Bertz CT molecular complexity index is 355. The van der Waals surface area contributed by atoms with E-state index in [1.54, 1.807) is 6.20 Å². The Kier molecular flexibility index (Phi) is 4.72. The summed E-state index contributed by atoms with van der Waals surface area (Å²) in [6.07, 6.45) is 5.63. The molecule has 2 rings (SSSR count). The topological polar surface area (TPSA) is 48.1 Å². The van der Waals surface area contributed by atoms with E-state index >= 15 is 0 Å². The fraction of sp³-hybridized carbons (Fsp3) is 0.667. The molecule has 0 saturated heterocycles. The Morgan fingerprint density at radius 1 is 1.33 bits per heavy atom. The van der Waals surface area contributed by atoms with Crippen molar-refractivity contribution in [2.24, 2.45) is 17.6 Å². The minimum absolute atomic E-state index is 0.0585. The Hall–Kier alpha value is -0.930. The van der Waals surface area contributed by atoms with Gasteiger partial charge in [-0.2, -0.15) is 0 Å². The van der Waals surface area contributed by atoms with Crippen molar-refractivity contribution in [1.82, 2.24) is 4.98 Å². The fourth-order valence-electron chi connectivity index (χ4n) is 2.67. The second kappa shape index (κ2) is 6.30. The molecule has 0 aliphatic heterocycles. The van der Waals surface area contributed by atoms with E-state index in [4.69, 9.17) is 10.5 Å². The van der Waals surface area contributed by atoms with Crippen molar-refractivity contribution in [2.75, 3.05) is 6.54 Å². The highest BCUT2D eigenvalue weighted by Crippen LogP contribution is 2.33. The van der Waals surface area contributed by atoms with Crippen molar-refractivity contribution >= 4 is 0 Å². The van der Waals surface area contributed by atoms with Gasteiger partial charge in [0.05, 0.1) is 11.8 Å². The molecule has 0 radical (unpaired) electrons. The summed E-state index contributed by atoms with van der Waals surface area (Å²) >= 11 is 0. The Morgan fingerprint density at radius 3 is 2.78 bits per heavy atom. The lowest BCUT2D eigenvalue weighted by Crippen LogP contribution is -2.30. The van der Waals surface area contributed by atoms with Gasteiger partial charge in [0.1, 0.15) is 6.10 Å². The first-order valence-electron chi connectivity index (χ1n) is 6.97. The van der Waals surface area contributed by atoms with Crippen LogP contribution in [0.4, 0.5) is 0 Å². The molecule has 2 N–H and O–H groups in total. The molecule has 1 fully saturated rings. The Labute approximate surface area is 110 Å². The van der Waals surface area contributed by atoms with Crippen molar-refractivity contribution in [3.05, 3.63) is 30.1 Å². The van der Waals surface area contributed by atoms with Crippen LogP contribution in [0.2, 0.25) is 0 Å². The minimum Gasteiger partial charge on any atom is -0.367 e. The van der Waals surface area contributed by atoms with E-state index in [0.717, 1.165) is 30.4 Å². The number of pyridine rings is 1. The van der Waals surface area contributed by atoms with E-state index in [2.05, 4.69) is 18.8 Å². The summed E-state index contributed by atoms with van der Waals surface area (Å²) in [7, 11) is 0. The maximum atomic E-state index is 6.16. The molecule has 1 heterocycles. The van der Waals surface area contributed by atoms with Gasteiger partial charge in [-0.15, -0.1) is 0 Å². The van der Waals surface area contributed by atoms with Crippen LogP contribution >= 0.6 is 0 Å². The van der Waals surface area contributed by atoms with Crippen LogP contribution in [-0.4, -0.2) is 17.6 Å². The zero-order valence-corrected chi connectivity index (χ0v) is 11.4. The highest BCUT2D eigenvalue weighted by atomic mass is 16.5. The van der Waals surface area contributed by atoms with Gasteiger partial charge in [-0.1, -0.05) is 19.9 Å². The molecule has 0 bridgehead atoms. The summed E-state index contributed by atoms with van der Waals surface area (Å²) in [4.78, 5) is 4.34. The Morgan fingerprint density at radius 2 is 2.17 bits per heavy atom. The van der Waals surface area contributed by atoms with Crippen molar-refractivity contribution in [3.8, 4) is 0 Å². The third-order valence-corrected chi connectivity index (χ3v) is 4.14. The third-order valence-electron chi connectivity index (χ3n) is 4.14. The number of hydrogen-bond donors (Lipinski definition) is 1. The van der Waals surface area contributed by atoms with Crippen molar-refractivity contribution in [2.45, 2.75) is 45.3 Å². The Balaban J connectivity index is 1.95. The predicted octanol–water partition coefficient (Wildman–Crippen LogP) is 2.92. The molecular formula is C15H24N2O. The molecule has 18 heavy (non-hydrogen) atoms. The van der Waals surface area contributed by atoms with Gasteiger partial charge >= 0.3 is 0 Å². The number of nitrogens with two attached hydrogens (primary N) is 1. The molecule has 3 heteroatoms. The van der Waals surface area contributed by atoms with E-state index in [1.807, 2.05) is 18.2 Å².